The quantitative estimate of drug-likeness (QED) is 0.294. The van der Waals surface area contributed by atoms with Crippen molar-refractivity contribution >= 4 is 55.6 Å². The van der Waals surface area contributed by atoms with E-state index in [9.17, 15) is 4.79 Å². The largest absolute Gasteiger partial charge is 0.453 e. The summed E-state index contributed by atoms with van der Waals surface area (Å²) in [6.07, 6.45) is 1.59. The Kier molecular flexibility index (Phi) is 4.73. The summed E-state index contributed by atoms with van der Waals surface area (Å²) < 4.78 is 8.19. The predicted molar refractivity (Wildman–Crippen MR) is 123 cm³/mol. The summed E-state index contributed by atoms with van der Waals surface area (Å²) in [6, 6.07) is 21.9. The molecule has 30 heavy (non-hydrogen) atoms. The lowest BCUT2D eigenvalue weighted by atomic mass is 10.2. The van der Waals surface area contributed by atoms with Gasteiger partial charge in [-0.1, -0.05) is 51.8 Å². The lowest BCUT2D eigenvalue weighted by molar-refractivity contribution is 0.616. The number of aromatic nitrogens is 2. The van der Waals surface area contributed by atoms with Crippen molar-refractivity contribution < 1.29 is 4.42 Å². The third-order valence-corrected chi connectivity index (χ3v) is 5.39. The number of furan rings is 1. The van der Waals surface area contributed by atoms with Gasteiger partial charge in [-0.2, -0.15) is 9.78 Å². The Hall–Kier alpha value is -3.22. The molecule has 0 aliphatic rings. The molecule has 0 spiro atoms. The summed E-state index contributed by atoms with van der Waals surface area (Å²) >= 11 is 9.42. The van der Waals surface area contributed by atoms with Crippen molar-refractivity contribution in [2.75, 3.05) is 0 Å². The van der Waals surface area contributed by atoms with Crippen LogP contribution in [0.1, 0.15) is 5.56 Å². The van der Waals surface area contributed by atoms with Gasteiger partial charge in [-0.05, 0) is 54.1 Å². The van der Waals surface area contributed by atoms with Crippen molar-refractivity contribution in [1.82, 2.24) is 9.66 Å². The maximum atomic E-state index is 13.2. The SMILES string of the molecule is O=c1c2ccccc2nc(-c2cc3cc(Br)ccc3o2)n1N=Cc1ccc(Cl)cc1. The second-order valence-corrected chi connectivity index (χ2v) is 8.01. The first-order valence-corrected chi connectivity index (χ1v) is 10.3. The van der Waals surface area contributed by atoms with E-state index in [0.29, 0.717) is 33.1 Å². The number of para-hydroxylation sites is 1. The van der Waals surface area contributed by atoms with Gasteiger partial charge in [0.05, 0.1) is 17.1 Å². The fraction of sp³-hybridized carbons (Fsp3) is 0. The van der Waals surface area contributed by atoms with Gasteiger partial charge in [0.25, 0.3) is 5.56 Å². The smallest absolute Gasteiger partial charge is 0.282 e. The zero-order valence-electron chi connectivity index (χ0n) is 15.4. The fourth-order valence-corrected chi connectivity index (χ4v) is 3.69. The molecule has 5 aromatic rings. The number of nitrogens with zero attached hydrogens (tertiary/aromatic N) is 3. The van der Waals surface area contributed by atoms with Crippen molar-refractivity contribution in [3.8, 4) is 11.6 Å². The number of fused-ring (bicyclic) bond motifs is 2. The normalized spacial score (nSPS) is 11.7. The lowest BCUT2D eigenvalue weighted by Gasteiger charge is -2.07. The highest BCUT2D eigenvalue weighted by molar-refractivity contribution is 9.10. The first-order valence-electron chi connectivity index (χ1n) is 9.10. The van der Waals surface area contributed by atoms with Gasteiger partial charge in [-0.3, -0.25) is 4.79 Å². The molecule has 0 N–H and O–H groups in total. The summed E-state index contributed by atoms with van der Waals surface area (Å²) in [6.45, 7) is 0. The van der Waals surface area contributed by atoms with E-state index < -0.39 is 0 Å². The Morgan fingerprint density at radius 2 is 1.83 bits per heavy atom. The van der Waals surface area contributed by atoms with Crippen LogP contribution in [0, 0.1) is 0 Å². The molecule has 5 rings (SSSR count). The predicted octanol–water partition coefficient (Wildman–Crippen LogP) is 6.11. The average molecular weight is 479 g/mol. The highest BCUT2D eigenvalue weighted by Crippen LogP contribution is 2.29. The minimum absolute atomic E-state index is 0.276. The molecule has 0 amide bonds. The maximum absolute atomic E-state index is 13.2. The van der Waals surface area contributed by atoms with Gasteiger partial charge in [-0.15, -0.1) is 0 Å². The molecule has 146 valence electrons. The minimum Gasteiger partial charge on any atom is -0.453 e. The zero-order chi connectivity index (χ0) is 20.7. The molecule has 0 bridgehead atoms. The van der Waals surface area contributed by atoms with Crippen LogP contribution in [0.4, 0.5) is 0 Å². The van der Waals surface area contributed by atoms with E-state index in [0.717, 1.165) is 15.4 Å². The highest BCUT2D eigenvalue weighted by Gasteiger charge is 2.16. The number of rotatable bonds is 3. The third-order valence-electron chi connectivity index (χ3n) is 4.64. The Morgan fingerprint density at radius 3 is 2.67 bits per heavy atom. The van der Waals surface area contributed by atoms with Crippen LogP contribution < -0.4 is 5.56 Å². The average Bonchev–Trinajstić information content (AvgIpc) is 3.17. The van der Waals surface area contributed by atoms with Crippen molar-refractivity contribution in [2.45, 2.75) is 0 Å². The molecule has 3 aromatic carbocycles. The van der Waals surface area contributed by atoms with Crippen molar-refractivity contribution in [3.05, 3.63) is 98.2 Å². The van der Waals surface area contributed by atoms with Crippen molar-refractivity contribution in [1.29, 1.82) is 0 Å². The molecule has 0 radical (unpaired) electrons. The van der Waals surface area contributed by atoms with Gasteiger partial charge in [0.2, 0.25) is 5.82 Å². The summed E-state index contributed by atoms with van der Waals surface area (Å²) in [5, 5.41) is 6.43. The number of halogens is 2. The first-order chi connectivity index (χ1) is 14.6. The van der Waals surface area contributed by atoms with E-state index in [4.69, 9.17) is 16.0 Å². The summed E-state index contributed by atoms with van der Waals surface area (Å²) in [7, 11) is 0. The van der Waals surface area contributed by atoms with E-state index in [-0.39, 0.29) is 5.56 Å². The van der Waals surface area contributed by atoms with E-state index in [1.165, 1.54) is 4.68 Å². The van der Waals surface area contributed by atoms with Crippen LogP contribution in [0.5, 0.6) is 0 Å². The van der Waals surface area contributed by atoms with Gasteiger partial charge < -0.3 is 4.42 Å². The van der Waals surface area contributed by atoms with E-state index in [1.807, 2.05) is 42.5 Å². The third kappa shape index (κ3) is 3.44. The molecule has 0 aliphatic carbocycles. The van der Waals surface area contributed by atoms with Gasteiger partial charge >= 0.3 is 0 Å². The van der Waals surface area contributed by atoms with E-state index >= 15 is 0 Å². The van der Waals surface area contributed by atoms with Crippen molar-refractivity contribution in [3.63, 3.8) is 0 Å². The molecule has 0 aliphatic heterocycles. The Balaban J connectivity index is 1.73. The summed E-state index contributed by atoms with van der Waals surface area (Å²) in [4.78, 5) is 17.9. The molecule has 0 atom stereocenters. The molecule has 0 saturated heterocycles. The highest BCUT2D eigenvalue weighted by atomic mass is 79.9. The van der Waals surface area contributed by atoms with E-state index in [2.05, 4.69) is 26.0 Å². The topological polar surface area (TPSA) is 60.4 Å². The molecule has 7 heteroatoms. The molecule has 5 nitrogen and oxygen atoms in total. The molecule has 0 unspecified atom stereocenters. The van der Waals surface area contributed by atoms with Crippen LogP contribution in [-0.4, -0.2) is 15.9 Å². The van der Waals surface area contributed by atoms with Crippen LogP contribution in [0.15, 0.2) is 91.6 Å². The first kappa shape index (κ1) is 18.8. The molecular formula is C23H13BrClN3O2. The van der Waals surface area contributed by atoms with Crippen LogP contribution >= 0.6 is 27.5 Å². The molecule has 2 aromatic heterocycles. The van der Waals surface area contributed by atoms with Crippen molar-refractivity contribution in [2.24, 2.45) is 5.10 Å². The second kappa shape index (κ2) is 7.55. The summed E-state index contributed by atoms with van der Waals surface area (Å²) in [5.74, 6) is 0.787. The van der Waals surface area contributed by atoms with Crippen LogP contribution in [0.3, 0.4) is 0 Å². The molecule has 0 fully saturated rings. The number of benzene rings is 3. The van der Waals surface area contributed by atoms with Crippen LogP contribution in [0.2, 0.25) is 5.02 Å². The number of hydrogen-bond donors (Lipinski definition) is 0. The number of hydrogen-bond acceptors (Lipinski definition) is 4. The van der Waals surface area contributed by atoms with Crippen LogP contribution in [0.25, 0.3) is 33.5 Å². The summed E-state index contributed by atoms with van der Waals surface area (Å²) in [5.41, 5.74) is 1.81. The molecule has 0 saturated carbocycles. The Labute approximate surface area is 184 Å². The lowest BCUT2D eigenvalue weighted by Crippen LogP contribution is -2.20. The Morgan fingerprint density at radius 1 is 1.03 bits per heavy atom. The van der Waals surface area contributed by atoms with Gasteiger partial charge in [0.1, 0.15) is 5.58 Å². The van der Waals surface area contributed by atoms with Crippen LogP contribution in [-0.2, 0) is 0 Å². The van der Waals surface area contributed by atoms with Gasteiger partial charge in [0.15, 0.2) is 5.76 Å². The Bertz CT molecular complexity index is 1490. The monoisotopic (exact) mass is 477 g/mol. The van der Waals surface area contributed by atoms with E-state index in [1.54, 1.807) is 36.5 Å². The van der Waals surface area contributed by atoms with Gasteiger partial charge in [-0.25, -0.2) is 4.98 Å². The molecular weight excluding hydrogens is 466 g/mol. The fourth-order valence-electron chi connectivity index (χ4n) is 3.19. The standard InChI is InChI=1S/C23H13BrClN3O2/c24-16-7-10-20-15(11-16)12-21(30-20)22-27-19-4-2-1-3-18(19)23(29)28(22)26-13-14-5-8-17(25)9-6-14/h1-13H. The maximum Gasteiger partial charge on any atom is 0.282 e. The van der Waals surface area contributed by atoms with Gasteiger partial charge in [0, 0.05) is 14.9 Å². The molecule has 2 heterocycles. The second-order valence-electron chi connectivity index (χ2n) is 6.66. The minimum atomic E-state index is -0.276. The zero-order valence-corrected chi connectivity index (χ0v) is 17.8.